The summed E-state index contributed by atoms with van der Waals surface area (Å²) in [6, 6.07) is 4.53. The van der Waals surface area contributed by atoms with Crippen molar-refractivity contribution in [1.82, 2.24) is 0 Å². The van der Waals surface area contributed by atoms with Crippen molar-refractivity contribution >= 4 is 17.8 Å². The SMILES string of the molecule is NCC(=O)c1cc(N)ccc1C=O. The molecule has 0 saturated heterocycles. The van der Waals surface area contributed by atoms with Gasteiger partial charge >= 0.3 is 0 Å². The largest absolute Gasteiger partial charge is 0.399 e. The van der Waals surface area contributed by atoms with E-state index in [1.165, 1.54) is 12.1 Å². The van der Waals surface area contributed by atoms with Crippen molar-refractivity contribution in [2.24, 2.45) is 5.73 Å². The van der Waals surface area contributed by atoms with Gasteiger partial charge in [0.15, 0.2) is 12.1 Å². The number of hydrogen-bond acceptors (Lipinski definition) is 4. The zero-order valence-corrected chi connectivity index (χ0v) is 6.99. The van der Waals surface area contributed by atoms with E-state index >= 15 is 0 Å². The second kappa shape index (κ2) is 3.82. The van der Waals surface area contributed by atoms with E-state index in [2.05, 4.69) is 0 Å². The number of nitrogens with two attached hydrogens (primary N) is 2. The molecule has 0 bridgehead atoms. The van der Waals surface area contributed by atoms with Crippen LogP contribution in [-0.2, 0) is 0 Å². The zero-order valence-electron chi connectivity index (χ0n) is 6.99. The molecule has 4 nitrogen and oxygen atoms in total. The van der Waals surface area contributed by atoms with Crippen molar-refractivity contribution in [3.63, 3.8) is 0 Å². The topological polar surface area (TPSA) is 86.2 Å². The van der Waals surface area contributed by atoms with Gasteiger partial charge in [0.05, 0.1) is 6.54 Å². The van der Waals surface area contributed by atoms with Gasteiger partial charge in [-0.05, 0) is 18.2 Å². The fraction of sp³-hybridized carbons (Fsp3) is 0.111. The van der Waals surface area contributed by atoms with Crippen molar-refractivity contribution in [3.8, 4) is 0 Å². The summed E-state index contributed by atoms with van der Waals surface area (Å²) in [7, 11) is 0. The molecule has 68 valence electrons. The predicted octanol–water partition coefficient (Wildman–Crippen LogP) is 0.223. The van der Waals surface area contributed by atoms with Gasteiger partial charge in [0.2, 0.25) is 0 Å². The van der Waals surface area contributed by atoms with Crippen molar-refractivity contribution in [3.05, 3.63) is 29.3 Å². The van der Waals surface area contributed by atoms with Crippen LogP contribution in [0.3, 0.4) is 0 Å². The minimum atomic E-state index is -0.283. The van der Waals surface area contributed by atoms with E-state index in [1.54, 1.807) is 6.07 Å². The Balaban J connectivity index is 3.23. The molecule has 0 atom stereocenters. The van der Waals surface area contributed by atoms with Crippen LogP contribution in [-0.4, -0.2) is 18.6 Å². The van der Waals surface area contributed by atoms with Gasteiger partial charge in [0.25, 0.3) is 0 Å². The highest BCUT2D eigenvalue weighted by Crippen LogP contribution is 2.12. The van der Waals surface area contributed by atoms with Crippen LogP contribution in [0.5, 0.6) is 0 Å². The lowest BCUT2D eigenvalue weighted by atomic mass is 10.0. The molecule has 4 N–H and O–H groups in total. The standard InChI is InChI=1S/C9H10N2O2/c10-4-9(13)8-3-7(11)2-1-6(8)5-12/h1-3,5H,4,10-11H2. The molecule has 0 aliphatic heterocycles. The van der Waals surface area contributed by atoms with Crippen LogP contribution in [0.15, 0.2) is 18.2 Å². The molecule has 0 unspecified atom stereocenters. The maximum atomic E-state index is 11.2. The third-order valence-electron chi connectivity index (χ3n) is 1.69. The average Bonchev–Trinajstić information content (AvgIpc) is 2.16. The van der Waals surface area contributed by atoms with Crippen LogP contribution in [0.25, 0.3) is 0 Å². The molecular weight excluding hydrogens is 168 g/mol. The number of nitrogen functional groups attached to an aromatic ring is 1. The van der Waals surface area contributed by atoms with E-state index in [0.29, 0.717) is 17.5 Å². The Morgan fingerprint density at radius 1 is 1.46 bits per heavy atom. The molecule has 0 aliphatic carbocycles. The van der Waals surface area contributed by atoms with Gasteiger partial charge in [-0.15, -0.1) is 0 Å². The van der Waals surface area contributed by atoms with Gasteiger partial charge in [-0.25, -0.2) is 0 Å². The quantitative estimate of drug-likeness (QED) is 0.394. The molecule has 1 aromatic rings. The monoisotopic (exact) mass is 178 g/mol. The molecule has 0 spiro atoms. The number of anilines is 1. The maximum absolute atomic E-state index is 11.2. The van der Waals surface area contributed by atoms with Crippen LogP contribution in [0, 0.1) is 0 Å². The normalized spacial score (nSPS) is 9.62. The highest BCUT2D eigenvalue weighted by molar-refractivity contribution is 6.04. The Morgan fingerprint density at radius 3 is 2.69 bits per heavy atom. The summed E-state index contributed by atoms with van der Waals surface area (Å²) in [5.41, 5.74) is 11.7. The van der Waals surface area contributed by atoms with Crippen LogP contribution < -0.4 is 11.5 Å². The first-order valence-corrected chi connectivity index (χ1v) is 3.77. The number of aldehydes is 1. The van der Waals surface area contributed by atoms with Gasteiger partial charge in [-0.3, -0.25) is 9.59 Å². The van der Waals surface area contributed by atoms with Crippen molar-refractivity contribution in [1.29, 1.82) is 0 Å². The molecule has 0 amide bonds. The molecule has 0 heterocycles. The van der Waals surface area contributed by atoms with Gasteiger partial charge in [0, 0.05) is 16.8 Å². The van der Waals surface area contributed by atoms with E-state index < -0.39 is 0 Å². The maximum Gasteiger partial charge on any atom is 0.177 e. The zero-order chi connectivity index (χ0) is 9.84. The predicted molar refractivity (Wildman–Crippen MR) is 49.6 cm³/mol. The second-order valence-electron chi connectivity index (χ2n) is 2.59. The molecular formula is C9H10N2O2. The summed E-state index contributed by atoms with van der Waals surface area (Å²) in [5.74, 6) is -0.283. The molecule has 13 heavy (non-hydrogen) atoms. The Morgan fingerprint density at radius 2 is 2.15 bits per heavy atom. The third-order valence-corrected chi connectivity index (χ3v) is 1.69. The van der Waals surface area contributed by atoms with Gasteiger partial charge < -0.3 is 11.5 Å². The highest BCUT2D eigenvalue weighted by atomic mass is 16.1. The Hall–Kier alpha value is -1.68. The van der Waals surface area contributed by atoms with Gasteiger partial charge in [-0.2, -0.15) is 0 Å². The van der Waals surface area contributed by atoms with Crippen LogP contribution in [0.2, 0.25) is 0 Å². The van der Waals surface area contributed by atoms with E-state index in [4.69, 9.17) is 11.5 Å². The number of hydrogen-bond donors (Lipinski definition) is 2. The lowest BCUT2D eigenvalue weighted by Gasteiger charge is -2.02. The molecule has 0 aliphatic rings. The van der Waals surface area contributed by atoms with E-state index in [9.17, 15) is 9.59 Å². The third kappa shape index (κ3) is 1.91. The first-order valence-electron chi connectivity index (χ1n) is 3.77. The van der Waals surface area contributed by atoms with E-state index in [-0.39, 0.29) is 17.9 Å². The number of ketones is 1. The molecule has 1 aromatic carbocycles. The van der Waals surface area contributed by atoms with Gasteiger partial charge in [0.1, 0.15) is 0 Å². The minimum Gasteiger partial charge on any atom is -0.399 e. The molecule has 0 radical (unpaired) electrons. The highest BCUT2D eigenvalue weighted by Gasteiger charge is 2.09. The summed E-state index contributed by atoms with van der Waals surface area (Å²) in [4.78, 5) is 21.7. The van der Waals surface area contributed by atoms with E-state index in [0.717, 1.165) is 0 Å². The second-order valence-corrected chi connectivity index (χ2v) is 2.59. The van der Waals surface area contributed by atoms with E-state index in [1.807, 2.05) is 0 Å². The fourth-order valence-corrected chi connectivity index (χ4v) is 1.03. The Kier molecular flexibility index (Phi) is 2.76. The summed E-state index contributed by atoms with van der Waals surface area (Å²) >= 11 is 0. The van der Waals surface area contributed by atoms with Gasteiger partial charge in [-0.1, -0.05) is 0 Å². The van der Waals surface area contributed by atoms with Crippen LogP contribution in [0.1, 0.15) is 20.7 Å². The summed E-state index contributed by atoms with van der Waals surface area (Å²) in [6.07, 6.45) is 0.613. The Bertz CT molecular complexity index is 347. The summed E-state index contributed by atoms with van der Waals surface area (Å²) in [6.45, 7) is -0.121. The van der Waals surface area contributed by atoms with Crippen LogP contribution in [0.4, 0.5) is 5.69 Å². The first-order chi connectivity index (χ1) is 6.19. The fourth-order valence-electron chi connectivity index (χ4n) is 1.03. The molecule has 1 rings (SSSR count). The lowest BCUT2D eigenvalue weighted by molar-refractivity contribution is 0.0994. The summed E-state index contributed by atoms with van der Waals surface area (Å²) < 4.78 is 0. The number of carbonyl (C=O) groups is 2. The lowest BCUT2D eigenvalue weighted by Crippen LogP contribution is -2.15. The number of carbonyl (C=O) groups excluding carboxylic acids is 2. The first kappa shape index (κ1) is 9.41. The van der Waals surface area contributed by atoms with Crippen molar-refractivity contribution in [2.45, 2.75) is 0 Å². The molecule has 0 aromatic heterocycles. The summed E-state index contributed by atoms with van der Waals surface area (Å²) in [5, 5.41) is 0. The molecule has 4 heteroatoms. The molecule has 0 saturated carbocycles. The minimum absolute atomic E-state index is 0.121. The molecule has 0 fully saturated rings. The Labute approximate surface area is 75.5 Å². The number of benzene rings is 1. The number of rotatable bonds is 3. The smallest absolute Gasteiger partial charge is 0.177 e. The van der Waals surface area contributed by atoms with Crippen molar-refractivity contribution in [2.75, 3.05) is 12.3 Å². The van der Waals surface area contributed by atoms with Crippen LogP contribution >= 0.6 is 0 Å². The number of Topliss-reactive ketones (excluding diaryl/α,β-unsaturated/α-hetero) is 1. The van der Waals surface area contributed by atoms with Crippen molar-refractivity contribution < 1.29 is 9.59 Å². The average molecular weight is 178 g/mol.